The van der Waals surface area contributed by atoms with Gasteiger partial charge in [0.25, 0.3) is 0 Å². The fourth-order valence-electron chi connectivity index (χ4n) is 2.32. The van der Waals surface area contributed by atoms with Crippen molar-refractivity contribution < 1.29 is 4.42 Å². The Hall–Kier alpha value is -1.26. The molecule has 0 saturated heterocycles. The minimum Gasteiger partial charge on any atom is -0.466 e. The normalized spacial score (nSPS) is 12.5. The fraction of sp³-hybridized carbons (Fsp3) is 0.333. The molecule has 0 amide bonds. The van der Waals surface area contributed by atoms with Crippen molar-refractivity contribution in [2.45, 2.75) is 19.9 Å². The number of likely N-dealkylation sites (N-methyl/N-ethyl adjacent to an activating group) is 1. The second kappa shape index (κ2) is 5.80. The van der Waals surface area contributed by atoms with Crippen LogP contribution in [0.25, 0.3) is 0 Å². The van der Waals surface area contributed by atoms with Crippen LogP contribution in [0, 0.1) is 13.8 Å². The van der Waals surface area contributed by atoms with Crippen LogP contribution in [0.15, 0.2) is 39.4 Å². The maximum atomic E-state index is 5.92. The summed E-state index contributed by atoms with van der Waals surface area (Å²) in [5.41, 5.74) is 9.57. The Kier molecular flexibility index (Phi) is 4.32. The van der Waals surface area contributed by atoms with Gasteiger partial charge in [0.05, 0.1) is 10.7 Å². The summed E-state index contributed by atoms with van der Waals surface area (Å²) in [6.07, 6.45) is 1.68. The van der Waals surface area contributed by atoms with Gasteiger partial charge in [0.15, 0.2) is 0 Å². The van der Waals surface area contributed by atoms with E-state index in [0.717, 1.165) is 15.9 Å². The van der Waals surface area contributed by atoms with E-state index in [9.17, 15) is 0 Å². The van der Waals surface area contributed by atoms with E-state index in [4.69, 9.17) is 10.2 Å². The standard InChI is InChI=1S/C15H19BrN2O/c1-10-6-11(2)8-12(7-10)18(3)14(9-17)15-13(16)4-5-19-15/h4-8,14H,9,17H2,1-3H3. The van der Waals surface area contributed by atoms with E-state index in [-0.39, 0.29) is 6.04 Å². The number of nitrogens with two attached hydrogens (primary N) is 1. The predicted octanol–water partition coefficient (Wildman–Crippen LogP) is 3.80. The minimum atomic E-state index is 0.0191. The van der Waals surface area contributed by atoms with Gasteiger partial charge in [0.2, 0.25) is 0 Å². The van der Waals surface area contributed by atoms with Crippen LogP contribution in [0.5, 0.6) is 0 Å². The van der Waals surface area contributed by atoms with Crippen LogP contribution in [0.2, 0.25) is 0 Å². The smallest absolute Gasteiger partial charge is 0.141 e. The van der Waals surface area contributed by atoms with E-state index in [1.165, 1.54) is 11.1 Å². The van der Waals surface area contributed by atoms with Gasteiger partial charge in [-0.2, -0.15) is 0 Å². The molecule has 102 valence electrons. The number of furan rings is 1. The summed E-state index contributed by atoms with van der Waals surface area (Å²) in [6, 6.07) is 8.40. The van der Waals surface area contributed by atoms with Gasteiger partial charge in [0.1, 0.15) is 11.8 Å². The van der Waals surface area contributed by atoms with Gasteiger partial charge in [-0.15, -0.1) is 0 Å². The second-order valence-electron chi connectivity index (χ2n) is 4.84. The molecule has 1 heterocycles. The van der Waals surface area contributed by atoms with Gasteiger partial charge >= 0.3 is 0 Å². The number of halogens is 1. The molecule has 2 aromatic rings. The summed E-state index contributed by atoms with van der Waals surface area (Å²) in [5, 5.41) is 0. The molecule has 4 heteroatoms. The summed E-state index contributed by atoms with van der Waals surface area (Å²) >= 11 is 3.50. The second-order valence-corrected chi connectivity index (χ2v) is 5.70. The van der Waals surface area contributed by atoms with E-state index in [2.05, 4.69) is 52.9 Å². The van der Waals surface area contributed by atoms with Crippen LogP contribution in [0.1, 0.15) is 22.9 Å². The molecule has 0 aliphatic rings. The number of hydrogen-bond acceptors (Lipinski definition) is 3. The van der Waals surface area contributed by atoms with Crippen LogP contribution in [0.4, 0.5) is 5.69 Å². The first-order valence-electron chi connectivity index (χ1n) is 6.27. The largest absolute Gasteiger partial charge is 0.466 e. The van der Waals surface area contributed by atoms with Crippen LogP contribution in [0.3, 0.4) is 0 Å². The third-order valence-corrected chi connectivity index (χ3v) is 3.91. The van der Waals surface area contributed by atoms with Gasteiger partial charge in [-0.25, -0.2) is 0 Å². The molecule has 0 saturated carbocycles. The number of rotatable bonds is 4. The fourth-order valence-corrected chi connectivity index (χ4v) is 2.78. The lowest BCUT2D eigenvalue weighted by Crippen LogP contribution is -2.30. The number of anilines is 1. The number of aryl methyl sites for hydroxylation is 2. The Morgan fingerprint density at radius 2 is 1.89 bits per heavy atom. The summed E-state index contributed by atoms with van der Waals surface area (Å²) in [5.74, 6) is 0.865. The molecule has 0 aliphatic carbocycles. The van der Waals surface area contributed by atoms with Crippen molar-refractivity contribution in [2.75, 3.05) is 18.5 Å². The van der Waals surface area contributed by atoms with Gasteiger partial charge in [0, 0.05) is 19.3 Å². The van der Waals surface area contributed by atoms with Gasteiger partial charge in [-0.1, -0.05) is 6.07 Å². The first-order valence-corrected chi connectivity index (χ1v) is 7.06. The van der Waals surface area contributed by atoms with Crippen molar-refractivity contribution in [3.63, 3.8) is 0 Å². The highest BCUT2D eigenvalue weighted by atomic mass is 79.9. The first kappa shape index (κ1) is 14.2. The number of benzene rings is 1. The Labute approximate surface area is 122 Å². The SMILES string of the molecule is Cc1cc(C)cc(N(C)C(CN)c2occc2Br)c1. The average Bonchev–Trinajstić information content (AvgIpc) is 2.75. The molecule has 2 rings (SSSR count). The molecule has 0 radical (unpaired) electrons. The van der Waals surface area contributed by atoms with Gasteiger partial charge < -0.3 is 15.1 Å². The van der Waals surface area contributed by atoms with Gasteiger partial charge in [-0.05, 0) is 59.1 Å². The molecule has 1 atom stereocenters. The third-order valence-electron chi connectivity index (χ3n) is 3.25. The predicted molar refractivity (Wildman–Crippen MR) is 82.5 cm³/mol. The van der Waals surface area contributed by atoms with E-state index in [1.54, 1.807) is 6.26 Å². The van der Waals surface area contributed by atoms with Crippen molar-refractivity contribution in [1.29, 1.82) is 0 Å². The van der Waals surface area contributed by atoms with Crippen molar-refractivity contribution in [2.24, 2.45) is 5.73 Å². The highest BCUT2D eigenvalue weighted by Crippen LogP contribution is 2.31. The monoisotopic (exact) mass is 322 g/mol. The highest BCUT2D eigenvalue weighted by molar-refractivity contribution is 9.10. The lowest BCUT2D eigenvalue weighted by atomic mass is 10.1. The summed E-state index contributed by atoms with van der Waals surface area (Å²) < 4.78 is 6.51. The Bertz CT molecular complexity index is 545. The zero-order chi connectivity index (χ0) is 14.0. The molecule has 1 aromatic heterocycles. The Balaban J connectivity index is 2.35. The minimum absolute atomic E-state index is 0.0191. The molecule has 3 nitrogen and oxygen atoms in total. The van der Waals surface area contributed by atoms with Crippen molar-refractivity contribution in [3.8, 4) is 0 Å². The molecule has 0 aliphatic heterocycles. The molecular weight excluding hydrogens is 304 g/mol. The third kappa shape index (κ3) is 3.01. The van der Waals surface area contributed by atoms with Crippen LogP contribution in [-0.4, -0.2) is 13.6 Å². The van der Waals surface area contributed by atoms with E-state index in [1.807, 2.05) is 13.1 Å². The maximum Gasteiger partial charge on any atom is 0.141 e. The molecule has 0 bridgehead atoms. The van der Waals surface area contributed by atoms with E-state index in [0.29, 0.717) is 6.54 Å². The van der Waals surface area contributed by atoms with Crippen LogP contribution >= 0.6 is 15.9 Å². The highest BCUT2D eigenvalue weighted by Gasteiger charge is 2.21. The van der Waals surface area contributed by atoms with E-state index >= 15 is 0 Å². The molecule has 1 aromatic carbocycles. The molecule has 1 unspecified atom stereocenters. The number of hydrogen-bond donors (Lipinski definition) is 1. The van der Waals surface area contributed by atoms with Crippen molar-refractivity contribution in [1.82, 2.24) is 0 Å². The van der Waals surface area contributed by atoms with E-state index < -0.39 is 0 Å². The van der Waals surface area contributed by atoms with Crippen LogP contribution in [-0.2, 0) is 0 Å². The molecular formula is C15H19BrN2O. The van der Waals surface area contributed by atoms with Crippen molar-refractivity contribution >= 4 is 21.6 Å². The lowest BCUT2D eigenvalue weighted by molar-refractivity contribution is 0.458. The van der Waals surface area contributed by atoms with Gasteiger partial charge in [-0.3, -0.25) is 0 Å². The topological polar surface area (TPSA) is 42.4 Å². The van der Waals surface area contributed by atoms with Crippen LogP contribution < -0.4 is 10.6 Å². The zero-order valence-corrected chi connectivity index (χ0v) is 13.1. The number of nitrogens with zero attached hydrogens (tertiary/aromatic N) is 1. The maximum absolute atomic E-state index is 5.92. The molecule has 2 N–H and O–H groups in total. The molecule has 0 fully saturated rings. The summed E-state index contributed by atoms with van der Waals surface area (Å²) in [4.78, 5) is 2.16. The lowest BCUT2D eigenvalue weighted by Gasteiger charge is -2.28. The Morgan fingerprint density at radius 3 is 2.37 bits per heavy atom. The summed E-state index contributed by atoms with van der Waals surface area (Å²) in [6.45, 7) is 4.70. The van der Waals surface area contributed by atoms with Crippen molar-refractivity contribution in [3.05, 3.63) is 51.9 Å². The summed E-state index contributed by atoms with van der Waals surface area (Å²) in [7, 11) is 2.04. The molecule has 0 spiro atoms. The zero-order valence-electron chi connectivity index (χ0n) is 11.5. The molecule has 19 heavy (non-hydrogen) atoms. The Morgan fingerprint density at radius 1 is 1.26 bits per heavy atom. The average molecular weight is 323 g/mol. The quantitative estimate of drug-likeness (QED) is 0.931. The first-order chi connectivity index (χ1) is 9.02.